The number of halogens is 1. The average Bonchev–Trinajstić information content (AvgIpc) is 2.50. The minimum Gasteiger partial charge on any atom is -0.481 e. The number of benzene rings is 2. The summed E-state index contributed by atoms with van der Waals surface area (Å²) in [6, 6.07) is 11.3. The van der Waals surface area contributed by atoms with Gasteiger partial charge in [0.1, 0.15) is 11.6 Å². The van der Waals surface area contributed by atoms with Gasteiger partial charge >= 0.3 is 0 Å². The Kier molecular flexibility index (Phi) is 5.52. The van der Waals surface area contributed by atoms with Gasteiger partial charge in [0.2, 0.25) is 5.91 Å². The molecule has 5 nitrogen and oxygen atoms in total. The highest BCUT2D eigenvalue weighted by molar-refractivity contribution is 5.95. The normalized spacial score (nSPS) is 11.5. The topological polar surface area (TPSA) is 67.4 Å². The highest BCUT2D eigenvalue weighted by Gasteiger charge is 2.16. The Morgan fingerprint density at radius 3 is 2.54 bits per heavy atom. The van der Waals surface area contributed by atoms with Gasteiger partial charge in [-0.15, -0.1) is 0 Å². The molecule has 0 saturated carbocycles. The molecule has 2 N–H and O–H groups in total. The maximum absolute atomic E-state index is 13.6. The Morgan fingerprint density at radius 1 is 1.12 bits per heavy atom. The zero-order valence-corrected chi connectivity index (χ0v) is 13.7. The van der Waals surface area contributed by atoms with Crippen molar-refractivity contribution in [2.45, 2.75) is 26.9 Å². The SMILES string of the molecule is CC(=O)Nc1cc(NC(=O)C(C)Oc2cccc(C)c2)ccc1F. The lowest BCUT2D eigenvalue weighted by molar-refractivity contribution is -0.122. The van der Waals surface area contributed by atoms with E-state index in [1.54, 1.807) is 13.0 Å². The van der Waals surface area contributed by atoms with Gasteiger partial charge in [0.15, 0.2) is 6.10 Å². The Balaban J connectivity index is 2.04. The van der Waals surface area contributed by atoms with Gasteiger partial charge in [0.25, 0.3) is 5.91 Å². The molecule has 0 saturated heterocycles. The van der Waals surface area contributed by atoms with E-state index in [4.69, 9.17) is 4.74 Å². The zero-order chi connectivity index (χ0) is 17.7. The molecule has 0 aliphatic carbocycles. The van der Waals surface area contributed by atoms with Crippen LogP contribution in [-0.4, -0.2) is 17.9 Å². The van der Waals surface area contributed by atoms with Crippen molar-refractivity contribution in [1.29, 1.82) is 0 Å². The maximum Gasteiger partial charge on any atom is 0.265 e. The molecule has 0 fully saturated rings. The fourth-order valence-electron chi connectivity index (χ4n) is 2.08. The van der Waals surface area contributed by atoms with Gasteiger partial charge in [-0.05, 0) is 49.7 Å². The molecule has 0 aromatic heterocycles. The first kappa shape index (κ1) is 17.5. The van der Waals surface area contributed by atoms with E-state index >= 15 is 0 Å². The lowest BCUT2D eigenvalue weighted by atomic mass is 10.2. The first-order valence-corrected chi connectivity index (χ1v) is 7.46. The molecule has 0 aliphatic heterocycles. The first-order chi connectivity index (χ1) is 11.3. The van der Waals surface area contributed by atoms with E-state index in [0.717, 1.165) is 5.56 Å². The van der Waals surface area contributed by atoms with Crippen LogP contribution in [0.2, 0.25) is 0 Å². The number of carbonyl (C=O) groups is 2. The number of carbonyl (C=O) groups excluding carboxylic acids is 2. The molecule has 126 valence electrons. The maximum atomic E-state index is 13.6. The summed E-state index contributed by atoms with van der Waals surface area (Å²) < 4.78 is 19.2. The second-order valence-electron chi connectivity index (χ2n) is 5.44. The van der Waals surface area contributed by atoms with Crippen LogP contribution in [0.25, 0.3) is 0 Å². The second-order valence-corrected chi connectivity index (χ2v) is 5.44. The van der Waals surface area contributed by atoms with E-state index in [1.165, 1.54) is 25.1 Å². The summed E-state index contributed by atoms with van der Waals surface area (Å²) in [7, 11) is 0. The highest BCUT2D eigenvalue weighted by Crippen LogP contribution is 2.20. The molecule has 0 radical (unpaired) electrons. The molecule has 0 bridgehead atoms. The largest absolute Gasteiger partial charge is 0.481 e. The third-order valence-electron chi connectivity index (χ3n) is 3.22. The van der Waals surface area contributed by atoms with Crippen molar-refractivity contribution in [2.75, 3.05) is 10.6 Å². The Bertz CT molecular complexity index is 762. The molecule has 0 spiro atoms. The summed E-state index contributed by atoms with van der Waals surface area (Å²) in [6.45, 7) is 4.83. The van der Waals surface area contributed by atoms with E-state index in [2.05, 4.69) is 10.6 Å². The Morgan fingerprint density at radius 2 is 1.88 bits per heavy atom. The summed E-state index contributed by atoms with van der Waals surface area (Å²) in [5.41, 5.74) is 1.40. The van der Waals surface area contributed by atoms with Crippen LogP contribution in [0.15, 0.2) is 42.5 Å². The molecular formula is C18H19FN2O3. The van der Waals surface area contributed by atoms with E-state index < -0.39 is 17.8 Å². The summed E-state index contributed by atoms with van der Waals surface area (Å²) in [6.07, 6.45) is -0.735. The summed E-state index contributed by atoms with van der Waals surface area (Å²) in [5, 5.41) is 5.00. The van der Waals surface area contributed by atoms with Crippen LogP contribution in [-0.2, 0) is 9.59 Å². The average molecular weight is 330 g/mol. The molecule has 0 heterocycles. The van der Waals surface area contributed by atoms with E-state index in [0.29, 0.717) is 11.4 Å². The van der Waals surface area contributed by atoms with Gasteiger partial charge in [0.05, 0.1) is 5.69 Å². The molecule has 0 aliphatic rings. The molecule has 2 aromatic carbocycles. The molecule has 24 heavy (non-hydrogen) atoms. The second kappa shape index (κ2) is 7.59. The van der Waals surface area contributed by atoms with Crippen molar-refractivity contribution >= 4 is 23.2 Å². The summed E-state index contributed by atoms with van der Waals surface area (Å²) in [5.74, 6) is -0.756. The quantitative estimate of drug-likeness (QED) is 0.882. The standard InChI is InChI=1S/C18H19FN2O3/c1-11-5-4-6-15(9-11)24-12(2)18(23)21-14-7-8-16(19)17(10-14)20-13(3)22/h4-10,12H,1-3H3,(H,20,22)(H,21,23). The van der Waals surface area contributed by atoms with Crippen LogP contribution in [0.4, 0.5) is 15.8 Å². The molecule has 2 amide bonds. The first-order valence-electron chi connectivity index (χ1n) is 7.46. The number of rotatable bonds is 5. The van der Waals surface area contributed by atoms with Crippen molar-refractivity contribution < 1.29 is 18.7 Å². The van der Waals surface area contributed by atoms with Crippen molar-refractivity contribution in [3.63, 3.8) is 0 Å². The van der Waals surface area contributed by atoms with Gasteiger partial charge in [0, 0.05) is 12.6 Å². The minimum absolute atomic E-state index is 0.00700. The van der Waals surface area contributed by atoms with Gasteiger partial charge in [-0.25, -0.2) is 4.39 Å². The van der Waals surface area contributed by atoms with Crippen LogP contribution in [0.3, 0.4) is 0 Å². The van der Waals surface area contributed by atoms with Crippen molar-refractivity contribution in [1.82, 2.24) is 0 Å². The number of hydrogen-bond donors (Lipinski definition) is 2. The third-order valence-corrected chi connectivity index (χ3v) is 3.22. The molecule has 1 unspecified atom stereocenters. The lowest BCUT2D eigenvalue weighted by Gasteiger charge is -2.15. The van der Waals surface area contributed by atoms with Crippen LogP contribution in [0.1, 0.15) is 19.4 Å². The van der Waals surface area contributed by atoms with Crippen molar-refractivity contribution in [3.05, 3.63) is 53.8 Å². The Labute approximate surface area is 139 Å². The fourth-order valence-corrected chi connectivity index (χ4v) is 2.08. The number of amides is 2. The summed E-state index contributed by atoms with van der Waals surface area (Å²) >= 11 is 0. The van der Waals surface area contributed by atoms with Gasteiger partial charge in [-0.2, -0.15) is 0 Å². The highest BCUT2D eigenvalue weighted by atomic mass is 19.1. The predicted molar refractivity (Wildman–Crippen MR) is 90.6 cm³/mol. The number of anilines is 2. The van der Waals surface area contributed by atoms with Crippen LogP contribution in [0.5, 0.6) is 5.75 Å². The smallest absolute Gasteiger partial charge is 0.265 e. The lowest BCUT2D eigenvalue weighted by Crippen LogP contribution is -2.30. The third kappa shape index (κ3) is 4.81. The summed E-state index contributed by atoms with van der Waals surface area (Å²) in [4.78, 5) is 23.3. The zero-order valence-electron chi connectivity index (χ0n) is 13.7. The van der Waals surface area contributed by atoms with Crippen molar-refractivity contribution in [2.24, 2.45) is 0 Å². The van der Waals surface area contributed by atoms with Gasteiger partial charge in [-0.1, -0.05) is 12.1 Å². The molecule has 2 rings (SSSR count). The molecule has 2 aromatic rings. The van der Waals surface area contributed by atoms with E-state index in [-0.39, 0.29) is 11.6 Å². The minimum atomic E-state index is -0.735. The number of hydrogen-bond acceptors (Lipinski definition) is 3. The predicted octanol–water partition coefficient (Wildman–Crippen LogP) is 3.50. The van der Waals surface area contributed by atoms with Gasteiger partial charge in [-0.3, -0.25) is 9.59 Å². The Hall–Kier alpha value is -2.89. The van der Waals surface area contributed by atoms with Crippen molar-refractivity contribution in [3.8, 4) is 5.75 Å². The van der Waals surface area contributed by atoms with Crippen LogP contribution >= 0.6 is 0 Å². The molecule has 1 atom stereocenters. The van der Waals surface area contributed by atoms with Crippen LogP contribution < -0.4 is 15.4 Å². The molecular weight excluding hydrogens is 311 g/mol. The van der Waals surface area contributed by atoms with E-state index in [1.807, 2.05) is 25.1 Å². The monoisotopic (exact) mass is 330 g/mol. The van der Waals surface area contributed by atoms with Gasteiger partial charge < -0.3 is 15.4 Å². The molecule has 6 heteroatoms. The number of ether oxygens (including phenoxy) is 1. The fraction of sp³-hybridized carbons (Fsp3) is 0.222. The number of nitrogens with one attached hydrogen (secondary N) is 2. The number of aryl methyl sites for hydroxylation is 1. The van der Waals surface area contributed by atoms with Crippen LogP contribution in [0, 0.1) is 12.7 Å². The van der Waals surface area contributed by atoms with E-state index in [9.17, 15) is 14.0 Å².